The third-order valence-electron chi connectivity index (χ3n) is 5.76. The number of carbonyl (C=O) groups is 2. The highest BCUT2D eigenvalue weighted by Crippen LogP contribution is 2.28. The third kappa shape index (κ3) is 4.91. The van der Waals surface area contributed by atoms with Gasteiger partial charge in [0.1, 0.15) is 23.4 Å². The summed E-state index contributed by atoms with van der Waals surface area (Å²) >= 11 is 0. The minimum Gasteiger partial charge on any atom is -0.444 e. The van der Waals surface area contributed by atoms with Crippen LogP contribution >= 0.6 is 0 Å². The van der Waals surface area contributed by atoms with Crippen molar-refractivity contribution in [3.8, 4) is 6.07 Å². The standard InChI is InChI=1S/C26H29N7O3/c1-6-32-19-11-8-7-10-18(19)29-22(32)17(14-27)21-16(2)15-28-24(30-21)31-23(34)20-12-9-13-33(20)25(35)36-26(3,4)5/h7-12,15,17,20H,6,13H2,1-5H3,(H,28,30,31,34). The predicted molar refractivity (Wildman–Crippen MR) is 134 cm³/mol. The number of anilines is 1. The minimum atomic E-state index is -0.857. The number of imidazole rings is 1. The molecule has 0 spiro atoms. The van der Waals surface area contributed by atoms with E-state index in [1.54, 1.807) is 39.1 Å². The van der Waals surface area contributed by atoms with E-state index < -0.39 is 29.6 Å². The number of nitriles is 1. The Morgan fingerprint density at radius 2 is 2.03 bits per heavy atom. The smallest absolute Gasteiger partial charge is 0.411 e. The molecule has 0 radical (unpaired) electrons. The first-order valence-corrected chi connectivity index (χ1v) is 11.8. The largest absolute Gasteiger partial charge is 0.444 e. The Bertz CT molecular complexity index is 1380. The molecule has 186 valence electrons. The van der Waals surface area contributed by atoms with Crippen LogP contribution in [0.2, 0.25) is 0 Å². The Morgan fingerprint density at radius 1 is 1.28 bits per heavy atom. The summed E-state index contributed by atoms with van der Waals surface area (Å²) < 4.78 is 7.41. The summed E-state index contributed by atoms with van der Waals surface area (Å²) in [7, 11) is 0. The molecule has 10 nitrogen and oxygen atoms in total. The van der Waals surface area contributed by atoms with Gasteiger partial charge in [0, 0.05) is 19.3 Å². The van der Waals surface area contributed by atoms with Crippen LogP contribution in [-0.4, -0.2) is 54.6 Å². The summed E-state index contributed by atoms with van der Waals surface area (Å²) in [6.07, 6.45) is 4.35. The number of ether oxygens (including phenoxy) is 1. The molecule has 3 aromatic rings. The van der Waals surface area contributed by atoms with E-state index in [0.717, 1.165) is 11.0 Å². The van der Waals surface area contributed by atoms with Gasteiger partial charge in [-0.2, -0.15) is 5.26 Å². The average Bonchev–Trinajstić information content (AvgIpc) is 3.45. The van der Waals surface area contributed by atoms with Crippen LogP contribution in [0.4, 0.5) is 10.7 Å². The fourth-order valence-electron chi connectivity index (χ4n) is 4.14. The number of carbonyl (C=O) groups excluding carboxylic acids is 2. The highest BCUT2D eigenvalue weighted by Gasteiger charge is 2.34. The molecule has 2 unspecified atom stereocenters. The van der Waals surface area contributed by atoms with Crippen molar-refractivity contribution in [1.29, 1.82) is 5.26 Å². The number of nitrogens with one attached hydrogen (secondary N) is 1. The fraction of sp³-hybridized carbons (Fsp3) is 0.385. The van der Waals surface area contributed by atoms with Crippen LogP contribution in [0.3, 0.4) is 0 Å². The van der Waals surface area contributed by atoms with E-state index in [1.807, 2.05) is 42.7 Å². The first-order valence-electron chi connectivity index (χ1n) is 11.8. The van der Waals surface area contributed by atoms with Crippen molar-refractivity contribution in [1.82, 2.24) is 24.4 Å². The van der Waals surface area contributed by atoms with Crippen molar-refractivity contribution in [2.45, 2.75) is 58.7 Å². The van der Waals surface area contributed by atoms with Crippen molar-refractivity contribution in [2.24, 2.45) is 0 Å². The van der Waals surface area contributed by atoms with Gasteiger partial charge in [-0.1, -0.05) is 24.3 Å². The van der Waals surface area contributed by atoms with E-state index in [2.05, 4.69) is 21.4 Å². The summed E-state index contributed by atoms with van der Waals surface area (Å²) in [5, 5.41) is 12.8. The van der Waals surface area contributed by atoms with Crippen molar-refractivity contribution < 1.29 is 14.3 Å². The summed E-state index contributed by atoms with van der Waals surface area (Å²) in [5.41, 5.74) is 2.21. The molecule has 3 heterocycles. The molecular weight excluding hydrogens is 458 g/mol. The lowest BCUT2D eigenvalue weighted by molar-refractivity contribution is -0.119. The zero-order chi connectivity index (χ0) is 26.0. The molecule has 1 aliphatic rings. The van der Waals surface area contributed by atoms with Gasteiger partial charge in [-0.25, -0.2) is 19.7 Å². The van der Waals surface area contributed by atoms with Crippen molar-refractivity contribution in [3.63, 3.8) is 0 Å². The maximum absolute atomic E-state index is 13.0. The predicted octanol–water partition coefficient (Wildman–Crippen LogP) is 3.92. The first-order chi connectivity index (χ1) is 17.1. The molecule has 2 atom stereocenters. The summed E-state index contributed by atoms with van der Waals surface area (Å²) in [4.78, 5) is 40.4. The third-order valence-corrected chi connectivity index (χ3v) is 5.76. The molecule has 0 fully saturated rings. The van der Waals surface area contributed by atoms with E-state index in [0.29, 0.717) is 23.6 Å². The monoisotopic (exact) mass is 487 g/mol. The number of para-hydroxylation sites is 2. The molecule has 36 heavy (non-hydrogen) atoms. The maximum atomic E-state index is 13.0. The van der Waals surface area contributed by atoms with Crippen LogP contribution in [0.15, 0.2) is 42.6 Å². The summed E-state index contributed by atoms with van der Waals surface area (Å²) in [6.45, 7) is 10.0. The average molecular weight is 488 g/mol. The van der Waals surface area contributed by atoms with Gasteiger partial charge in [0.25, 0.3) is 5.91 Å². The number of nitrogens with zero attached hydrogens (tertiary/aromatic N) is 6. The topological polar surface area (TPSA) is 126 Å². The van der Waals surface area contributed by atoms with Crippen molar-refractivity contribution >= 4 is 29.0 Å². The van der Waals surface area contributed by atoms with E-state index in [4.69, 9.17) is 9.72 Å². The molecule has 0 aliphatic carbocycles. The number of hydrogen-bond donors (Lipinski definition) is 1. The van der Waals surface area contributed by atoms with Crippen LogP contribution < -0.4 is 5.32 Å². The minimum absolute atomic E-state index is 0.0458. The molecule has 0 saturated heterocycles. The van der Waals surface area contributed by atoms with Gasteiger partial charge in [0.15, 0.2) is 0 Å². The lowest BCUT2D eigenvalue weighted by Gasteiger charge is -2.27. The highest BCUT2D eigenvalue weighted by atomic mass is 16.6. The van der Waals surface area contributed by atoms with Gasteiger partial charge < -0.3 is 9.30 Å². The van der Waals surface area contributed by atoms with Crippen LogP contribution in [-0.2, 0) is 16.1 Å². The van der Waals surface area contributed by atoms with Crippen molar-refractivity contribution in [2.75, 3.05) is 11.9 Å². The van der Waals surface area contributed by atoms with Gasteiger partial charge in [-0.3, -0.25) is 15.0 Å². The SMILES string of the molecule is CCn1c(C(C#N)c2nc(NC(=O)C3C=CCN3C(=O)OC(C)(C)C)ncc2C)nc2ccccc21. The number of benzene rings is 1. The second-order valence-electron chi connectivity index (χ2n) is 9.52. The van der Waals surface area contributed by atoms with Gasteiger partial charge in [-0.05, 0) is 52.3 Å². The molecule has 0 bridgehead atoms. The Morgan fingerprint density at radius 3 is 2.72 bits per heavy atom. The van der Waals surface area contributed by atoms with Crippen LogP contribution in [0.25, 0.3) is 11.0 Å². The van der Waals surface area contributed by atoms with Crippen LogP contribution in [0.1, 0.15) is 50.7 Å². The maximum Gasteiger partial charge on any atom is 0.411 e. The normalized spacial score (nSPS) is 16.1. The van der Waals surface area contributed by atoms with Crippen LogP contribution in [0.5, 0.6) is 0 Å². The molecule has 4 rings (SSSR count). The Hall–Kier alpha value is -4.26. The molecular formula is C26H29N7O3. The van der Waals surface area contributed by atoms with E-state index in [9.17, 15) is 14.9 Å². The van der Waals surface area contributed by atoms with Crippen LogP contribution in [0, 0.1) is 18.3 Å². The summed E-state index contributed by atoms with van der Waals surface area (Å²) in [6, 6.07) is 9.18. The molecule has 2 aromatic heterocycles. The second-order valence-corrected chi connectivity index (χ2v) is 9.52. The zero-order valence-electron chi connectivity index (χ0n) is 21.0. The van der Waals surface area contributed by atoms with Gasteiger partial charge in [0.05, 0.1) is 22.8 Å². The second kappa shape index (κ2) is 9.77. The number of rotatable bonds is 5. The van der Waals surface area contributed by atoms with E-state index in [1.165, 1.54) is 4.90 Å². The van der Waals surface area contributed by atoms with E-state index in [-0.39, 0.29) is 12.5 Å². The number of hydrogen-bond acceptors (Lipinski definition) is 7. The molecule has 10 heteroatoms. The molecule has 1 aliphatic heterocycles. The quantitative estimate of drug-likeness (QED) is 0.541. The van der Waals surface area contributed by atoms with E-state index >= 15 is 0 Å². The summed E-state index contributed by atoms with van der Waals surface area (Å²) in [5.74, 6) is -0.612. The molecule has 1 aromatic carbocycles. The number of amides is 2. The number of aryl methyl sites for hydroxylation is 2. The van der Waals surface area contributed by atoms with Gasteiger partial charge >= 0.3 is 6.09 Å². The first kappa shape index (κ1) is 24.9. The lowest BCUT2D eigenvalue weighted by Crippen LogP contribution is -2.45. The van der Waals surface area contributed by atoms with Crippen molar-refractivity contribution in [3.05, 3.63) is 59.7 Å². The Balaban J connectivity index is 1.61. The van der Waals surface area contributed by atoms with Gasteiger partial charge in [0.2, 0.25) is 5.95 Å². The van der Waals surface area contributed by atoms with Gasteiger partial charge in [-0.15, -0.1) is 0 Å². The number of aromatic nitrogens is 4. The fourth-order valence-corrected chi connectivity index (χ4v) is 4.14. The molecule has 1 N–H and O–H groups in total. The molecule has 0 saturated carbocycles. The lowest BCUT2D eigenvalue weighted by atomic mass is 10.0. The highest BCUT2D eigenvalue weighted by molar-refractivity contribution is 5.97. The Labute approximate surface area is 209 Å². The molecule has 2 amide bonds. The number of fused-ring (bicyclic) bond motifs is 1. The Kier molecular flexibility index (Phi) is 6.75. The zero-order valence-corrected chi connectivity index (χ0v) is 21.0.